The molecule has 0 fully saturated rings. The first kappa shape index (κ1) is 12.8. The summed E-state index contributed by atoms with van der Waals surface area (Å²) in [7, 11) is 0. The Kier molecular flexibility index (Phi) is 3.56. The van der Waals surface area contributed by atoms with Gasteiger partial charge in [0.05, 0.1) is 11.8 Å². The average molecular weight is 256 g/mol. The molecule has 0 spiro atoms. The van der Waals surface area contributed by atoms with Gasteiger partial charge in [-0.2, -0.15) is 0 Å². The number of Topliss-reactive ketones (excluding diaryl/α,β-unsaturated/α-hetero) is 1. The minimum atomic E-state index is -0.566. The Balaban J connectivity index is 2.26. The van der Waals surface area contributed by atoms with E-state index in [-0.39, 0.29) is 11.3 Å². The van der Waals surface area contributed by atoms with Gasteiger partial charge in [-0.3, -0.25) is 9.59 Å². The molecule has 1 aromatic carbocycles. The standard InChI is InChI=1S/C14H12N2O3/c1-9(17)12-7-6-10(8-16-12)19-13-5-3-2-4-11(13)14(15)18/h2-8H,1H3,(H2,15,18). The molecule has 0 atom stereocenters. The molecule has 0 aliphatic rings. The van der Waals surface area contributed by atoms with Gasteiger partial charge in [0.1, 0.15) is 17.2 Å². The first-order valence-electron chi connectivity index (χ1n) is 5.61. The first-order chi connectivity index (χ1) is 9.08. The number of para-hydroxylation sites is 1. The normalized spacial score (nSPS) is 9.95. The van der Waals surface area contributed by atoms with E-state index in [4.69, 9.17) is 10.5 Å². The van der Waals surface area contributed by atoms with E-state index >= 15 is 0 Å². The van der Waals surface area contributed by atoms with Crippen LogP contribution in [-0.4, -0.2) is 16.7 Å². The maximum Gasteiger partial charge on any atom is 0.252 e. The van der Waals surface area contributed by atoms with Crippen molar-refractivity contribution in [3.8, 4) is 11.5 Å². The van der Waals surface area contributed by atoms with Gasteiger partial charge in [0, 0.05) is 6.92 Å². The van der Waals surface area contributed by atoms with Crippen LogP contribution in [0.3, 0.4) is 0 Å². The zero-order chi connectivity index (χ0) is 13.8. The summed E-state index contributed by atoms with van der Waals surface area (Å²) in [6.45, 7) is 1.44. The van der Waals surface area contributed by atoms with Crippen LogP contribution < -0.4 is 10.5 Å². The van der Waals surface area contributed by atoms with E-state index in [2.05, 4.69) is 4.98 Å². The van der Waals surface area contributed by atoms with Crippen molar-refractivity contribution in [1.82, 2.24) is 4.98 Å². The molecular formula is C14H12N2O3. The molecule has 0 saturated carbocycles. The lowest BCUT2D eigenvalue weighted by Crippen LogP contribution is -2.12. The molecule has 2 aromatic rings. The number of nitrogens with zero attached hydrogens (tertiary/aromatic N) is 1. The molecule has 2 rings (SSSR count). The van der Waals surface area contributed by atoms with Gasteiger partial charge in [-0.15, -0.1) is 0 Å². The molecule has 1 heterocycles. The summed E-state index contributed by atoms with van der Waals surface area (Å²) in [5, 5.41) is 0. The molecule has 96 valence electrons. The summed E-state index contributed by atoms with van der Waals surface area (Å²) in [5.74, 6) is 0.0964. The van der Waals surface area contributed by atoms with Crippen LogP contribution in [0.4, 0.5) is 0 Å². The second-order valence-corrected chi connectivity index (χ2v) is 3.90. The fraction of sp³-hybridized carbons (Fsp3) is 0.0714. The lowest BCUT2D eigenvalue weighted by molar-refractivity contribution is 0.0994. The summed E-state index contributed by atoms with van der Waals surface area (Å²) in [6.07, 6.45) is 1.43. The first-order valence-corrected chi connectivity index (χ1v) is 5.61. The smallest absolute Gasteiger partial charge is 0.252 e. The molecule has 5 nitrogen and oxygen atoms in total. The number of nitrogens with two attached hydrogens (primary N) is 1. The van der Waals surface area contributed by atoms with E-state index in [0.29, 0.717) is 17.2 Å². The lowest BCUT2D eigenvalue weighted by Gasteiger charge is -2.08. The molecule has 0 radical (unpaired) electrons. The highest BCUT2D eigenvalue weighted by Gasteiger charge is 2.09. The minimum Gasteiger partial charge on any atom is -0.455 e. The molecule has 0 bridgehead atoms. The van der Waals surface area contributed by atoms with Crippen molar-refractivity contribution in [2.75, 3.05) is 0 Å². The van der Waals surface area contributed by atoms with Crippen molar-refractivity contribution >= 4 is 11.7 Å². The number of ether oxygens (including phenoxy) is 1. The quantitative estimate of drug-likeness (QED) is 0.850. The van der Waals surface area contributed by atoms with Crippen LogP contribution >= 0.6 is 0 Å². The van der Waals surface area contributed by atoms with Crippen LogP contribution in [0.2, 0.25) is 0 Å². The molecule has 0 aliphatic heterocycles. The number of hydrogen-bond acceptors (Lipinski definition) is 4. The predicted octanol–water partition coefficient (Wildman–Crippen LogP) is 2.18. The second-order valence-electron chi connectivity index (χ2n) is 3.90. The van der Waals surface area contributed by atoms with Crippen LogP contribution in [0, 0.1) is 0 Å². The average Bonchev–Trinajstić information content (AvgIpc) is 2.39. The van der Waals surface area contributed by atoms with Crippen molar-refractivity contribution in [3.63, 3.8) is 0 Å². The molecular weight excluding hydrogens is 244 g/mol. The SMILES string of the molecule is CC(=O)c1ccc(Oc2ccccc2C(N)=O)cn1. The molecule has 1 aromatic heterocycles. The number of aromatic nitrogens is 1. The summed E-state index contributed by atoms with van der Waals surface area (Å²) < 4.78 is 5.53. The zero-order valence-corrected chi connectivity index (χ0v) is 10.3. The van der Waals surface area contributed by atoms with E-state index in [1.165, 1.54) is 13.1 Å². The molecule has 0 unspecified atom stereocenters. The topological polar surface area (TPSA) is 82.3 Å². The van der Waals surface area contributed by atoms with Crippen LogP contribution in [0.1, 0.15) is 27.8 Å². The van der Waals surface area contributed by atoms with Gasteiger partial charge in [0.15, 0.2) is 5.78 Å². The molecule has 5 heteroatoms. The van der Waals surface area contributed by atoms with Crippen LogP contribution in [0.5, 0.6) is 11.5 Å². The van der Waals surface area contributed by atoms with Crippen LogP contribution in [-0.2, 0) is 0 Å². The molecule has 1 amide bonds. The summed E-state index contributed by atoms with van der Waals surface area (Å²) in [6, 6.07) is 9.82. The molecule has 0 aliphatic carbocycles. The number of hydrogen-bond donors (Lipinski definition) is 1. The van der Waals surface area contributed by atoms with E-state index in [1.807, 2.05) is 0 Å². The van der Waals surface area contributed by atoms with Crippen molar-refractivity contribution in [3.05, 3.63) is 53.9 Å². The summed E-state index contributed by atoms with van der Waals surface area (Å²) >= 11 is 0. The Morgan fingerprint density at radius 1 is 1.16 bits per heavy atom. The van der Waals surface area contributed by atoms with Gasteiger partial charge in [-0.25, -0.2) is 4.98 Å². The largest absolute Gasteiger partial charge is 0.455 e. The Hall–Kier alpha value is -2.69. The third-order valence-corrected chi connectivity index (χ3v) is 2.48. The Bertz CT molecular complexity index is 621. The van der Waals surface area contributed by atoms with E-state index in [1.54, 1.807) is 36.4 Å². The maximum absolute atomic E-state index is 11.2. The number of ketones is 1. The second kappa shape index (κ2) is 5.30. The fourth-order valence-electron chi connectivity index (χ4n) is 1.54. The number of benzene rings is 1. The zero-order valence-electron chi connectivity index (χ0n) is 10.3. The van der Waals surface area contributed by atoms with Crippen molar-refractivity contribution in [2.45, 2.75) is 6.92 Å². The van der Waals surface area contributed by atoms with E-state index < -0.39 is 5.91 Å². The number of pyridine rings is 1. The summed E-state index contributed by atoms with van der Waals surface area (Å²) in [5.41, 5.74) is 5.90. The Labute approximate surface area is 110 Å². The molecule has 0 saturated heterocycles. The van der Waals surface area contributed by atoms with Gasteiger partial charge in [-0.05, 0) is 24.3 Å². The number of carbonyl (C=O) groups excluding carboxylic acids is 2. The Morgan fingerprint density at radius 3 is 2.47 bits per heavy atom. The molecule has 19 heavy (non-hydrogen) atoms. The highest BCUT2D eigenvalue weighted by molar-refractivity contribution is 5.95. The van der Waals surface area contributed by atoms with Gasteiger partial charge in [-0.1, -0.05) is 12.1 Å². The fourth-order valence-corrected chi connectivity index (χ4v) is 1.54. The van der Waals surface area contributed by atoms with Crippen molar-refractivity contribution < 1.29 is 14.3 Å². The van der Waals surface area contributed by atoms with Gasteiger partial charge >= 0.3 is 0 Å². The third-order valence-electron chi connectivity index (χ3n) is 2.48. The Morgan fingerprint density at radius 2 is 1.89 bits per heavy atom. The van der Waals surface area contributed by atoms with E-state index in [0.717, 1.165) is 0 Å². The summed E-state index contributed by atoms with van der Waals surface area (Å²) in [4.78, 5) is 26.3. The van der Waals surface area contributed by atoms with Crippen LogP contribution in [0.25, 0.3) is 0 Å². The van der Waals surface area contributed by atoms with E-state index in [9.17, 15) is 9.59 Å². The van der Waals surface area contributed by atoms with Crippen molar-refractivity contribution in [1.29, 1.82) is 0 Å². The van der Waals surface area contributed by atoms with Crippen molar-refractivity contribution in [2.24, 2.45) is 5.73 Å². The van der Waals surface area contributed by atoms with Gasteiger partial charge in [0.2, 0.25) is 0 Å². The van der Waals surface area contributed by atoms with Gasteiger partial charge in [0.25, 0.3) is 5.91 Å². The number of amides is 1. The monoisotopic (exact) mass is 256 g/mol. The maximum atomic E-state index is 11.2. The highest BCUT2D eigenvalue weighted by Crippen LogP contribution is 2.24. The highest BCUT2D eigenvalue weighted by atomic mass is 16.5. The number of carbonyl (C=O) groups is 2. The van der Waals surface area contributed by atoms with Gasteiger partial charge < -0.3 is 10.5 Å². The lowest BCUT2D eigenvalue weighted by atomic mass is 10.2. The third kappa shape index (κ3) is 2.95. The van der Waals surface area contributed by atoms with Crippen LogP contribution in [0.15, 0.2) is 42.6 Å². The molecule has 2 N–H and O–H groups in total. The minimum absolute atomic E-state index is 0.121. The number of primary amides is 1. The predicted molar refractivity (Wildman–Crippen MR) is 69.3 cm³/mol. The number of rotatable bonds is 4.